The highest BCUT2D eigenvalue weighted by Gasteiger charge is 2.10. The molecule has 5 heteroatoms. The Hall–Kier alpha value is -2.95. The van der Waals surface area contributed by atoms with E-state index >= 15 is 0 Å². The molecule has 5 nitrogen and oxygen atoms in total. The van der Waals surface area contributed by atoms with Crippen LogP contribution in [0.1, 0.15) is 5.56 Å². The lowest BCUT2D eigenvalue weighted by Gasteiger charge is -2.09. The highest BCUT2D eigenvalue weighted by atomic mass is 16.5. The number of nitrogens with zero attached hydrogens (tertiary/aromatic N) is 2. The van der Waals surface area contributed by atoms with Crippen LogP contribution in [0.3, 0.4) is 0 Å². The molecule has 0 spiro atoms. The zero-order valence-corrected chi connectivity index (χ0v) is 12.0. The largest absolute Gasteiger partial charge is 0.425 e. The van der Waals surface area contributed by atoms with E-state index in [2.05, 4.69) is 4.98 Å². The van der Waals surface area contributed by atoms with Crippen molar-refractivity contribution in [1.82, 2.24) is 9.55 Å². The van der Waals surface area contributed by atoms with E-state index in [1.165, 1.54) is 10.8 Å². The zero-order chi connectivity index (χ0) is 15.5. The van der Waals surface area contributed by atoms with Gasteiger partial charge in [0.1, 0.15) is 12.3 Å². The van der Waals surface area contributed by atoms with Crippen LogP contribution < -0.4 is 10.3 Å². The first kappa shape index (κ1) is 14.0. The molecule has 22 heavy (non-hydrogen) atoms. The molecule has 110 valence electrons. The van der Waals surface area contributed by atoms with Gasteiger partial charge in [-0.15, -0.1) is 0 Å². The fourth-order valence-corrected chi connectivity index (χ4v) is 2.25. The van der Waals surface area contributed by atoms with Gasteiger partial charge in [-0.1, -0.05) is 24.3 Å². The van der Waals surface area contributed by atoms with Gasteiger partial charge in [0.05, 0.1) is 17.2 Å². The number of aromatic nitrogens is 2. The summed E-state index contributed by atoms with van der Waals surface area (Å²) in [6.07, 6.45) is 1.21. The Morgan fingerprint density at radius 3 is 2.82 bits per heavy atom. The second-order valence-electron chi connectivity index (χ2n) is 4.96. The Labute approximate surface area is 126 Å². The van der Waals surface area contributed by atoms with Crippen molar-refractivity contribution < 1.29 is 9.53 Å². The van der Waals surface area contributed by atoms with Gasteiger partial charge in [-0.3, -0.25) is 9.36 Å². The summed E-state index contributed by atoms with van der Waals surface area (Å²) < 4.78 is 6.65. The van der Waals surface area contributed by atoms with Gasteiger partial charge < -0.3 is 4.74 Å². The van der Waals surface area contributed by atoms with E-state index in [1.54, 1.807) is 30.3 Å². The van der Waals surface area contributed by atoms with E-state index in [0.29, 0.717) is 16.8 Å². The quantitative estimate of drug-likeness (QED) is 0.549. The molecule has 0 bridgehead atoms. The molecule has 2 aromatic carbocycles. The topological polar surface area (TPSA) is 61.2 Å². The highest BCUT2D eigenvalue weighted by Crippen LogP contribution is 2.13. The van der Waals surface area contributed by atoms with E-state index in [-0.39, 0.29) is 12.1 Å². The fourth-order valence-electron chi connectivity index (χ4n) is 2.25. The SMILES string of the molecule is Cc1cccc(OC(=O)Cn2c(=O)cnc3ccccc32)c1. The molecule has 0 saturated carbocycles. The number of hydrogen-bond acceptors (Lipinski definition) is 4. The lowest BCUT2D eigenvalue weighted by atomic mass is 10.2. The summed E-state index contributed by atoms with van der Waals surface area (Å²) >= 11 is 0. The van der Waals surface area contributed by atoms with Crippen LogP contribution >= 0.6 is 0 Å². The number of benzene rings is 2. The molecule has 0 unspecified atom stereocenters. The van der Waals surface area contributed by atoms with E-state index in [1.807, 2.05) is 25.1 Å². The van der Waals surface area contributed by atoms with Gasteiger partial charge in [-0.05, 0) is 36.8 Å². The first-order valence-corrected chi connectivity index (χ1v) is 6.85. The maximum Gasteiger partial charge on any atom is 0.331 e. The van der Waals surface area contributed by atoms with Crippen LogP contribution in [0.2, 0.25) is 0 Å². The highest BCUT2D eigenvalue weighted by molar-refractivity contribution is 5.78. The van der Waals surface area contributed by atoms with Crippen LogP contribution in [0.15, 0.2) is 59.5 Å². The zero-order valence-electron chi connectivity index (χ0n) is 12.0. The average molecular weight is 294 g/mol. The second kappa shape index (κ2) is 5.81. The molecular weight excluding hydrogens is 280 g/mol. The molecule has 0 radical (unpaired) electrons. The number of fused-ring (bicyclic) bond motifs is 1. The van der Waals surface area contributed by atoms with E-state index in [0.717, 1.165) is 5.56 Å². The van der Waals surface area contributed by atoms with Gasteiger partial charge in [-0.25, -0.2) is 9.78 Å². The molecule has 0 N–H and O–H groups in total. The Morgan fingerprint density at radius 1 is 1.18 bits per heavy atom. The molecule has 0 saturated heterocycles. The Balaban J connectivity index is 1.88. The maximum atomic E-state index is 12.1. The third-order valence-corrected chi connectivity index (χ3v) is 3.26. The van der Waals surface area contributed by atoms with Crippen LogP contribution in [-0.2, 0) is 11.3 Å². The molecule has 0 fully saturated rings. The summed E-state index contributed by atoms with van der Waals surface area (Å²) in [5, 5.41) is 0. The first-order chi connectivity index (χ1) is 10.6. The molecule has 3 rings (SSSR count). The van der Waals surface area contributed by atoms with Crippen molar-refractivity contribution in [3.05, 3.63) is 70.6 Å². The van der Waals surface area contributed by atoms with E-state index < -0.39 is 5.97 Å². The summed E-state index contributed by atoms with van der Waals surface area (Å²) in [4.78, 5) is 28.1. The monoisotopic (exact) mass is 294 g/mol. The van der Waals surface area contributed by atoms with Crippen molar-refractivity contribution in [2.24, 2.45) is 0 Å². The second-order valence-corrected chi connectivity index (χ2v) is 4.96. The number of hydrogen-bond donors (Lipinski definition) is 0. The Morgan fingerprint density at radius 2 is 2.00 bits per heavy atom. The van der Waals surface area contributed by atoms with Gasteiger partial charge in [0.2, 0.25) is 0 Å². The summed E-state index contributed by atoms with van der Waals surface area (Å²) in [7, 11) is 0. The number of para-hydroxylation sites is 2. The molecule has 0 atom stereocenters. The van der Waals surface area contributed by atoms with Gasteiger partial charge in [-0.2, -0.15) is 0 Å². The van der Waals surface area contributed by atoms with Crippen molar-refractivity contribution in [2.75, 3.05) is 0 Å². The number of ether oxygens (including phenoxy) is 1. The molecule has 3 aromatic rings. The lowest BCUT2D eigenvalue weighted by Crippen LogP contribution is -2.26. The van der Waals surface area contributed by atoms with Crippen LogP contribution in [-0.4, -0.2) is 15.5 Å². The summed E-state index contributed by atoms with van der Waals surface area (Å²) in [5.74, 6) is -0.0273. The summed E-state index contributed by atoms with van der Waals surface area (Å²) in [5.41, 5.74) is 1.93. The third-order valence-electron chi connectivity index (χ3n) is 3.26. The van der Waals surface area contributed by atoms with Crippen molar-refractivity contribution in [3.63, 3.8) is 0 Å². The standard InChI is InChI=1S/C17H14N2O3/c1-12-5-4-6-13(9-12)22-17(21)11-19-15-8-3-2-7-14(15)18-10-16(19)20/h2-10H,11H2,1H3. The van der Waals surface area contributed by atoms with Crippen LogP contribution in [0.4, 0.5) is 0 Å². The van der Waals surface area contributed by atoms with Gasteiger partial charge in [0.15, 0.2) is 0 Å². The molecule has 0 aliphatic heterocycles. The Bertz CT molecular complexity index is 900. The molecule has 0 amide bonds. The maximum absolute atomic E-state index is 12.1. The number of rotatable bonds is 3. The molecular formula is C17H14N2O3. The predicted molar refractivity (Wildman–Crippen MR) is 82.8 cm³/mol. The average Bonchev–Trinajstić information content (AvgIpc) is 2.50. The molecule has 1 aromatic heterocycles. The molecule has 0 aliphatic rings. The Kier molecular flexibility index (Phi) is 3.70. The predicted octanol–water partition coefficient (Wildman–Crippen LogP) is 2.31. The van der Waals surface area contributed by atoms with E-state index in [9.17, 15) is 9.59 Å². The van der Waals surface area contributed by atoms with E-state index in [4.69, 9.17) is 4.74 Å². The third kappa shape index (κ3) is 2.88. The van der Waals surface area contributed by atoms with Crippen LogP contribution in [0.5, 0.6) is 5.75 Å². The minimum absolute atomic E-state index is 0.157. The molecule has 1 heterocycles. The minimum atomic E-state index is -0.496. The summed E-state index contributed by atoms with van der Waals surface area (Å²) in [6, 6.07) is 14.4. The number of carbonyl (C=O) groups excluding carboxylic acids is 1. The fraction of sp³-hybridized carbons (Fsp3) is 0.118. The summed E-state index contributed by atoms with van der Waals surface area (Å²) in [6.45, 7) is 1.76. The van der Waals surface area contributed by atoms with Crippen LogP contribution in [0.25, 0.3) is 11.0 Å². The van der Waals surface area contributed by atoms with Gasteiger partial charge in [0.25, 0.3) is 5.56 Å². The van der Waals surface area contributed by atoms with Crippen LogP contribution in [0, 0.1) is 6.92 Å². The normalized spacial score (nSPS) is 10.6. The molecule has 0 aliphatic carbocycles. The van der Waals surface area contributed by atoms with Crippen molar-refractivity contribution in [2.45, 2.75) is 13.5 Å². The van der Waals surface area contributed by atoms with Crippen molar-refractivity contribution in [3.8, 4) is 5.75 Å². The number of esters is 1. The van der Waals surface area contributed by atoms with Crippen molar-refractivity contribution in [1.29, 1.82) is 0 Å². The first-order valence-electron chi connectivity index (χ1n) is 6.85. The lowest BCUT2D eigenvalue weighted by molar-refractivity contribution is -0.135. The minimum Gasteiger partial charge on any atom is -0.425 e. The van der Waals surface area contributed by atoms with Gasteiger partial charge >= 0.3 is 5.97 Å². The van der Waals surface area contributed by atoms with Gasteiger partial charge in [0, 0.05) is 0 Å². The number of carbonyl (C=O) groups is 1. The van der Waals surface area contributed by atoms with Crippen molar-refractivity contribution >= 4 is 17.0 Å². The smallest absolute Gasteiger partial charge is 0.331 e. The number of aryl methyl sites for hydroxylation is 1.